The fourth-order valence-electron chi connectivity index (χ4n) is 0.826. The maximum atomic E-state index is 11.4. The van der Waals surface area contributed by atoms with E-state index < -0.39 is 13.6 Å². The Kier molecular flexibility index (Phi) is 13.8. The largest absolute Gasteiger partial charge is 1.00 e. The number of unbranched alkanes of at least 4 members (excludes halogenated alkanes) is 2. The van der Waals surface area contributed by atoms with Crippen LogP contribution in [0.5, 0.6) is 0 Å². The van der Waals surface area contributed by atoms with Gasteiger partial charge in [0.05, 0.1) is 24.2 Å². The molecule has 2 atom stereocenters. The fraction of sp³-hybridized carbons (Fsp3) is 1.00. The van der Waals surface area contributed by atoms with Gasteiger partial charge in [0.1, 0.15) is 0 Å². The molecule has 0 radical (unpaired) electrons. The fourth-order valence-corrected chi connectivity index (χ4v) is 6.61. The summed E-state index contributed by atoms with van der Waals surface area (Å²) in [6, 6.07) is 0. The predicted molar refractivity (Wildman–Crippen MR) is 69.0 cm³/mol. The van der Waals surface area contributed by atoms with E-state index in [2.05, 4.69) is 9.05 Å². The van der Waals surface area contributed by atoms with Crippen LogP contribution in [-0.2, 0) is 18.2 Å². The van der Waals surface area contributed by atoms with Crippen LogP contribution < -0.4 is 29.6 Å². The first-order valence-electron chi connectivity index (χ1n) is 5.49. The quantitative estimate of drug-likeness (QED) is 0.344. The summed E-state index contributed by atoms with van der Waals surface area (Å²) >= 11 is -0.0172. The molecule has 0 spiro atoms. The molecule has 6 nitrogen and oxygen atoms in total. The van der Waals surface area contributed by atoms with Crippen LogP contribution in [0.1, 0.15) is 39.5 Å². The van der Waals surface area contributed by atoms with E-state index in [9.17, 15) is 18.9 Å². The molecule has 0 saturated heterocycles. The maximum Gasteiger partial charge on any atom is 1.00 e. The van der Waals surface area contributed by atoms with E-state index >= 15 is 0 Å². The third-order valence-corrected chi connectivity index (χ3v) is 8.73. The molecule has 104 valence electrons. The number of hydrogen-bond donors (Lipinski definition) is 2. The van der Waals surface area contributed by atoms with Crippen LogP contribution in [0.15, 0.2) is 0 Å². The molecule has 0 aromatic heterocycles. The maximum absolute atomic E-state index is 11.4. The van der Waals surface area contributed by atoms with Crippen molar-refractivity contribution in [1.82, 2.24) is 0 Å². The first-order chi connectivity index (χ1) is 7.83. The van der Waals surface area contributed by atoms with Gasteiger partial charge in [0, 0.05) is 0 Å². The first kappa shape index (κ1) is 21.9. The van der Waals surface area contributed by atoms with E-state index in [1.807, 2.05) is 13.8 Å². The standard InChI is InChI=1S/C8H20O6P2S.Na/c1-3-5-7-13-15(9,10)17-16(11,12)14-8-6-4-2;/h3-8H2,1-2H3,(H,9,10)(H,11,12);/q;+1. The second-order valence-electron chi connectivity index (χ2n) is 3.39. The number of hydrogen-bond acceptors (Lipinski definition) is 5. The van der Waals surface area contributed by atoms with Gasteiger partial charge < -0.3 is 18.8 Å². The van der Waals surface area contributed by atoms with Gasteiger partial charge in [-0.3, -0.25) is 0 Å². The van der Waals surface area contributed by atoms with Crippen LogP contribution in [0.4, 0.5) is 0 Å². The third-order valence-electron chi connectivity index (χ3n) is 1.71. The van der Waals surface area contributed by atoms with E-state index in [4.69, 9.17) is 0 Å². The molecule has 0 bridgehead atoms. The molecule has 0 aliphatic carbocycles. The van der Waals surface area contributed by atoms with Crippen LogP contribution >= 0.6 is 24.6 Å². The zero-order valence-corrected chi connectivity index (χ0v) is 15.7. The third kappa shape index (κ3) is 12.7. The van der Waals surface area contributed by atoms with Crippen LogP contribution in [0.3, 0.4) is 0 Å². The molecule has 0 aliphatic rings. The van der Waals surface area contributed by atoms with Crippen molar-refractivity contribution in [3.05, 3.63) is 0 Å². The van der Waals surface area contributed by atoms with E-state index in [0.29, 0.717) is 12.8 Å². The molecule has 18 heavy (non-hydrogen) atoms. The molecule has 0 aromatic rings. The molecule has 2 N–H and O–H groups in total. The smallest absolute Gasteiger partial charge is 0.316 e. The van der Waals surface area contributed by atoms with Crippen molar-refractivity contribution in [2.75, 3.05) is 13.2 Å². The zero-order valence-electron chi connectivity index (χ0n) is 11.1. The summed E-state index contributed by atoms with van der Waals surface area (Å²) in [5, 5.41) is 0. The topological polar surface area (TPSA) is 93.1 Å². The molecular formula is C8H20NaO6P2S+. The molecule has 0 rings (SSSR count). The minimum atomic E-state index is -4.11. The summed E-state index contributed by atoms with van der Waals surface area (Å²) in [7, 11) is 0. The Balaban J connectivity index is 0. The molecule has 0 heterocycles. The monoisotopic (exact) mass is 329 g/mol. The van der Waals surface area contributed by atoms with Crippen molar-refractivity contribution >= 4 is 24.6 Å². The molecular weight excluding hydrogens is 309 g/mol. The van der Waals surface area contributed by atoms with Crippen molar-refractivity contribution < 1.29 is 57.5 Å². The average Bonchev–Trinajstić information content (AvgIpc) is 2.16. The number of rotatable bonds is 10. The second-order valence-corrected chi connectivity index (χ2v) is 10.7. The molecule has 2 unspecified atom stereocenters. The van der Waals surface area contributed by atoms with Gasteiger partial charge in [-0.05, 0) is 12.8 Å². The minimum Gasteiger partial charge on any atom is -0.316 e. The zero-order chi connectivity index (χ0) is 13.4. The van der Waals surface area contributed by atoms with Gasteiger partial charge in [-0.1, -0.05) is 26.7 Å². The van der Waals surface area contributed by atoms with Crippen molar-refractivity contribution in [1.29, 1.82) is 0 Å². The van der Waals surface area contributed by atoms with Crippen molar-refractivity contribution in [2.45, 2.75) is 39.5 Å². The van der Waals surface area contributed by atoms with E-state index in [0.717, 1.165) is 12.8 Å². The van der Waals surface area contributed by atoms with Crippen molar-refractivity contribution in [2.24, 2.45) is 0 Å². The van der Waals surface area contributed by atoms with Crippen LogP contribution in [0.2, 0.25) is 0 Å². The van der Waals surface area contributed by atoms with Gasteiger partial charge >= 0.3 is 43.2 Å². The summed E-state index contributed by atoms with van der Waals surface area (Å²) in [6.07, 6.45) is 2.87. The summed E-state index contributed by atoms with van der Waals surface area (Å²) in [5.41, 5.74) is 0. The average molecular weight is 329 g/mol. The minimum absolute atomic E-state index is 0. The summed E-state index contributed by atoms with van der Waals surface area (Å²) < 4.78 is 32.2. The van der Waals surface area contributed by atoms with Crippen molar-refractivity contribution in [3.63, 3.8) is 0 Å². The van der Waals surface area contributed by atoms with Gasteiger partial charge in [-0.15, -0.1) is 0 Å². The van der Waals surface area contributed by atoms with Gasteiger partial charge in [0.15, 0.2) is 0 Å². The Morgan fingerprint density at radius 2 is 1.28 bits per heavy atom. The van der Waals surface area contributed by atoms with Gasteiger partial charge in [-0.2, -0.15) is 0 Å². The van der Waals surface area contributed by atoms with Gasteiger partial charge in [0.2, 0.25) is 0 Å². The summed E-state index contributed by atoms with van der Waals surface area (Å²) in [4.78, 5) is 18.6. The SMILES string of the molecule is CCCCOP(=O)(O)SP(=O)(O)OCCCC.[Na+]. The van der Waals surface area contributed by atoms with E-state index in [1.54, 1.807) is 0 Å². The first-order valence-corrected chi connectivity index (χ1v) is 10.7. The predicted octanol–water partition coefficient (Wildman–Crippen LogP) is 0.558. The normalized spacial score (nSPS) is 17.6. The van der Waals surface area contributed by atoms with E-state index in [-0.39, 0.29) is 53.8 Å². The Morgan fingerprint density at radius 3 is 1.56 bits per heavy atom. The van der Waals surface area contributed by atoms with Crippen LogP contribution in [0, 0.1) is 0 Å². The summed E-state index contributed by atoms with van der Waals surface area (Å²) in [5.74, 6) is 0. The molecule has 0 aromatic carbocycles. The second kappa shape index (κ2) is 11.3. The Hall–Kier alpha value is 1.65. The van der Waals surface area contributed by atoms with Crippen LogP contribution in [-0.4, -0.2) is 23.0 Å². The molecule has 0 saturated carbocycles. The summed E-state index contributed by atoms with van der Waals surface area (Å²) in [6.45, 7) is -4.24. The molecule has 0 amide bonds. The Labute approximate surface area is 134 Å². The molecule has 10 heteroatoms. The van der Waals surface area contributed by atoms with Crippen LogP contribution in [0.25, 0.3) is 0 Å². The molecule has 0 fully saturated rings. The molecule has 0 aliphatic heterocycles. The van der Waals surface area contributed by atoms with E-state index in [1.165, 1.54) is 0 Å². The van der Waals surface area contributed by atoms with Gasteiger partial charge in [0.25, 0.3) is 0 Å². The van der Waals surface area contributed by atoms with Crippen molar-refractivity contribution in [3.8, 4) is 0 Å². The van der Waals surface area contributed by atoms with Gasteiger partial charge in [-0.25, -0.2) is 9.13 Å². The Morgan fingerprint density at radius 1 is 0.944 bits per heavy atom. The Bertz CT molecular complexity index is 275.